The van der Waals surface area contributed by atoms with Crippen molar-refractivity contribution in [2.24, 2.45) is 5.84 Å². The van der Waals surface area contributed by atoms with Crippen molar-refractivity contribution in [1.82, 2.24) is 20.2 Å². The molecule has 10 nitrogen and oxygen atoms in total. The summed E-state index contributed by atoms with van der Waals surface area (Å²) >= 11 is 0. The summed E-state index contributed by atoms with van der Waals surface area (Å²) in [6.07, 6.45) is -2.81. The molecular weight excluding hydrogens is 268 g/mol. The number of aliphatic hydroxyl groups excluding tert-OH is 3. The number of fused-ring (bicyclic) bond motifs is 1. The van der Waals surface area contributed by atoms with Crippen LogP contribution in [-0.2, 0) is 4.74 Å². The van der Waals surface area contributed by atoms with Crippen LogP contribution in [0.25, 0.3) is 11.0 Å². The molecule has 7 N–H and O–H groups in total. The number of aromatic nitrogens is 4. The number of nitrogens with one attached hydrogen (secondary N) is 2. The van der Waals surface area contributed by atoms with Gasteiger partial charge in [0, 0.05) is 0 Å². The molecule has 0 saturated carbocycles. The van der Waals surface area contributed by atoms with E-state index in [1.807, 2.05) is 0 Å². The summed E-state index contributed by atoms with van der Waals surface area (Å²) in [4.78, 5) is 7.98. The first-order valence-electron chi connectivity index (χ1n) is 5.95. The molecule has 4 atom stereocenters. The fraction of sp³-hybridized carbons (Fsp3) is 0.500. The number of anilines is 1. The number of nitrogen functional groups attached to an aromatic ring is 1. The van der Waals surface area contributed by atoms with E-state index in [1.54, 1.807) is 0 Å². The van der Waals surface area contributed by atoms with Gasteiger partial charge in [0.15, 0.2) is 11.3 Å². The van der Waals surface area contributed by atoms with Gasteiger partial charge in [-0.15, -0.1) is 0 Å². The third-order valence-electron chi connectivity index (χ3n) is 3.33. The Bertz CT molecular complexity index is 619. The monoisotopic (exact) mass is 282 g/mol. The van der Waals surface area contributed by atoms with Gasteiger partial charge in [-0.3, -0.25) is 5.10 Å². The van der Waals surface area contributed by atoms with E-state index in [9.17, 15) is 10.2 Å². The van der Waals surface area contributed by atoms with E-state index in [0.29, 0.717) is 22.5 Å². The van der Waals surface area contributed by atoms with Crippen molar-refractivity contribution in [3.63, 3.8) is 0 Å². The SMILES string of the molecule is NNc1ncnc2c([C@@H]3O[C@@H](CO)[C@@H](O)[C@@H]3O)[nH]nc12. The van der Waals surface area contributed by atoms with Gasteiger partial charge in [0.1, 0.15) is 36.3 Å². The number of hydrogen-bond donors (Lipinski definition) is 6. The normalized spacial score (nSPS) is 30.0. The standard InChI is InChI=1S/C10H14N6O4/c11-14-10-6-4(12-2-13-10)5(15-16-6)9-8(19)7(18)3(1-17)20-9/h2-3,7-9,17-19H,1,11H2,(H,15,16)(H,12,13,14)/t3-,7+,8-,9-/m0/s1. The molecule has 1 aliphatic rings. The maximum atomic E-state index is 10.00. The first-order valence-corrected chi connectivity index (χ1v) is 5.95. The molecule has 0 aliphatic carbocycles. The van der Waals surface area contributed by atoms with E-state index in [0.717, 1.165) is 0 Å². The van der Waals surface area contributed by atoms with Gasteiger partial charge in [-0.1, -0.05) is 0 Å². The summed E-state index contributed by atoms with van der Waals surface area (Å²) in [5, 5.41) is 35.6. The Hall–Kier alpha value is -1.85. The van der Waals surface area contributed by atoms with Crippen molar-refractivity contribution in [3.05, 3.63) is 12.0 Å². The maximum Gasteiger partial charge on any atom is 0.171 e. The lowest BCUT2D eigenvalue weighted by Crippen LogP contribution is -2.32. The maximum absolute atomic E-state index is 10.00. The van der Waals surface area contributed by atoms with Crippen LogP contribution < -0.4 is 11.3 Å². The summed E-state index contributed by atoms with van der Waals surface area (Å²) in [7, 11) is 0. The molecule has 1 fully saturated rings. The molecule has 0 unspecified atom stereocenters. The van der Waals surface area contributed by atoms with Gasteiger partial charge in [-0.05, 0) is 0 Å². The van der Waals surface area contributed by atoms with Gasteiger partial charge in [0.05, 0.1) is 12.3 Å². The number of hydrogen-bond acceptors (Lipinski definition) is 9. The van der Waals surface area contributed by atoms with Crippen molar-refractivity contribution in [2.45, 2.75) is 24.4 Å². The molecule has 2 aromatic heterocycles. The molecule has 10 heteroatoms. The van der Waals surface area contributed by atoms with Gasteiger partial charge in [0.2, 0.25) is 0 Å². The van der Waals surface area contributed by atoms with Gasteiger partial charge in [0.25, 0.3) is 0 Å². The van der Waals surface area contributed by atoms with Gasteiger partial charge < -0.3 is 25.5 Å². The minimum absolute atomic E-state index is 0.323. The summed E-state index contributed by atoms with van der Waals surface area (Å²) in [6.45, 7) is -0.397. The highest BCUT2D eigenvalue weighted by atomic mass is 16.6. The number of nitrogens with two attached hydrogens (primary N) is 1. The number of nitrogens with zero attached hydrogens (tertiary/aromatic N) is 3. The van der Waals surface area contributed by atoms with E-state index in [4.69, 9.17) is 15.7 Å². The van der Waals surface area contributed by atoms with E-state index in [2.05, 4.69) is 25.6 Å². The van der Waals surface area contributed by atoms with Crippen LogP contribution in [-0.4, -0.2) is 60.4 Å². The van der Waals surface area contributed by atoms with E-state index in [-0.39, 0.29) is 0 Å². The third-order valence-corrected chi connectivity index (χ3v) is 3.33. The van der Waals surface area contributed by atoms with E-state index >= 15 is 0 Å². The molecular formula is C10H14N6O4. The zero-order chi connectivity index (χ0) is 14.3. The fourth-order valence-corrected chi connectivity index (χ4v) is 2.29. The second-order valence-corrected chi connectivity index (χ2v) is 4.46. The highest BCUT2D eigenvalue weighted by Crippen LogP contribution is 2.35. The van der Waals surface area contributed by atoms with E-state index in [1.165, 1.54) is 6.33 Å². The molecule has 3 heterocycles. The van der Waals surface area contributed by atoms with Crippen molar-refractivity contribution >= 4 is 16.9 Å². The zero-order valence-corrected chi connectivity index (χ0v) is 10.3. The van der Waals surface area contributed by atoms with Gasteiger partial charge in [-0.2, -0.15) is 5.10 Å². The number of H-pyrrole nitrogens is 1. The molecule has 0 bridgehead atoms. The predicted octanol–water partition coefficient (Wildman–Crippen LogP) is -2.21. The average molecular weight is 282 g/mol. The molecule has 0 aromatic carbocycles. The largest absolute Gasteiger partial charge is 0.394 e. The smallest absolute Gasteiger partial charge is 0.171 e. The highest BCUT2D eigenvalue weighted by molar-refractivity contribution is 5.86. The Morgan fingerprint density at radius 3 is 2.75 bits per heavy atom. The number of ether oxygens (including phenoxy) is 1. The number of hydrazine groups is 1. The molecule has 20 heavy (non-hydrogen) atoms. The highest BCUT2D eigenvalue weighted by Gasteiger charge is 2.44. The summed E-state index contributed by atoms with van der Waals surface area (Å²) < 4.78 is 5.43. The van der Waals surface area contributed by atoms with Crippen molar-refractivity contribution in [1.29, 1.82) is 0 Å². The summed E-state index contributed by atoms with van der Waals surface area (Å²) in [5.74, 6) is 5.65. The number of aromatic amines is 1. The first kappa shape index (κ1) is 13.1. The van der Waals surface area contributed by atoms with Crippen LogP contribution in [0.4, 0.5) is 5.82 Å². The van der Waals surface area contributed by atoms with Crippen molar-refractivity contribution in [2.75, 3.05) is 12.0 Å². The Morgan fingerprint density at radius 1 is 1.30 bits per heavy atom. The van der Waals surface area contributed by atoms with Crippen LogP contribution in [0.1, 0.15) is 11.8 Å². The molecule has 1 saturated heterocycles. The Labute approximate surface area is 112 Å². The van der Waals surface area contributed by atoms with Crippen LogP contribution in [0.15, 0.2) is 6.33 Å². The molecule has 3 rings (SSSR count). The lowest BCUT2D eigenvalue weighted by Gasteiger charge is -2.12. The predicted molar refractivity (Wildman–Crippen MR) is 66.2 cm³/mol. The zero-order valence-electron chi connectivity index (χ0n) is 10.3. The van der Waals surface area contributed by atoms with Crippen LogP contribution >= 0.6 is 0 Å². The Morgan fingerprint density at radius 2 is 2.10 bits per heavy atom. The third kappa shape index (κ3) is 1.82. The quantitative estimate of drug-likeness (QED) is 0.270. The lowest BCUT2D eigenvalue weighted by atomic mass is 10.1. The topological polar surface area (TPSA) is 162 Å². The second kappa shape index (κ2) is 4.92. The van der Waals surface area contributed by atoms with Crippen molar-refractivity contribution < 1.29 is 20.1 Å². The molecule has 2 aromatic rings. The minimum atomic E-state index is -1.19. The second-order valence-electron chi connectivity index (χ2n) is 4.46. The van der Waals surface area contributed by atoms with Crippen LogP contribution in [0.5, 0.6) is 0 Å². The first-order chi connectivity index (χ1) is 9.67. The number of aliphatic hydroxyl groups is 3. The molecule has 108 valence electrons. The average Bonchev–Trinajstić information content (AvgIpc) is 3.01. The van der Waals surface area contributed by atoms with Crippen LogP contribution in [0.2, 0.25) is 0 Å². The molecule has 1 aliphatic heterocycles. The lowest BCUT2D eigenvalue weighted by molar-refractivity contribution is -0.0236. The van der Waals surface area contributed by atoms with Gasteiger partial charge >= 0.3 is 0 Å². The minimum Gasteiger partial charge on any atom is -0.394 e. The van der Waals surface area contributed by atoms with Crippen LogP contribution in [0.3, 0.4) is 0 Å². The Kier molecular flexibility index (Phi) is 3.23. The molecule has 0 amide bonds. The Balaban J connectivity index is 2.03. The number of rotatable bonds is 3. The summed E-state index contributed by atoms with van der Waals surface area (Å²) in [6, 6.07) is 0. The molecule has 0 spiro atoms. The fourth-order valence-electron chi connectivity index (χ4n) is 2.29. The van der Waals surface area contributed by atoms with E-state index < -0.39 is 31.0 Å². The van der Waals surface area contributed by atoms with Crippen LogP contribution in [0, 0.1) is 0 Å². The molecule has 0 radical (unpaired) electrons. The van der Waals surface area contributed by atoms with Crippen molar-refractivity contribution in [3.8, 4) is 0 Å². The summed E-state index contributed by atoms with van der Waals surface area (Å²) in [5.41, 5.74) is 3.59. The van der Waals surface area contributed by atoms with Gasteiger partial charge in [-0.25, -0.2) is 15.8 Å².